The van der Waals surface area contributed by atoms with Gasteiger partial charge in [-0.05, 0) is 19.8 Å². The lowest BCUT2D eigenvalue weighted by Gasteiger charge is -2.32. The van der Waals surface area contributed by atoms with E-state index < -0.39 is 10.8 Å². The van der Waals surface area contributed by atoms with E-state index in [1.807, 2.05) is 18.5 Å². The molecule has 2 N–H and O–H groups in total. The van der Waals surface area contributed by atoms with Gasteiger partial charge < -0.3 is 15.5 Å². The van der Waals surface area contributed by atoms with Crippen LogP contribution in [-0.4, -0.2) is 52.4 Å². The molecule has 0 aliphatic carbocycles. The van der Waals surface area contributed by atoms with E-state index >= 15 is 0 Å². The molecular weight excluding hydrogens is 308 g/mol. The summed E-state index contributed by atoms with van der Waals surface area (Å²) in [6.45, 7) is 3.69. The molecule has 0 saturated carbocycles. The minimum atomic E-state index is -0.896. The number of carbonyl (C=O) groups is 1. The van der Waals surface area contributed by atoms with Crippen LogP contribution in [0.1, 0.15) is 19.8 Å². The molecule has 0 bridgehead atoms. The van der Waals surface area contributed by atoms with Crippen LogP contribution >= 0.6 is 11.3 Å². The Bertz CT molecular complexity index is 473. The quantitative estimate of drug-likeness (QED) is 0.850. The van der Waals surface area contributed by atoms with Crippen LogP contribution < -0.4 is 15.5 Å². The predicted molar refractivity (Wildman–Crippen MR) is 87.4 cm³/mol. The molecule has 118 valence electrons. The number of urea groups is 1. The van der Waals surface area contributed by atoms with Crippen molar-refractivity contribution < 1.29 is 9.00 Å². The van der Waals surface area contributed by atoms with E-state index in [2.05, 4.69) is 20.5 Å². The summed E-state index contributed by atoms with van der Waals surface area (Å²) in [5.41, 5.74) is 0. The van der Waals surface area contributed by atoms with E-state index in [4.69, 9.17) is 0 Å². The van der Waals surface area contributed by atoms with Crippen LogP contribution in [0, 0.1) is 0 Å². The minimum Gasteiger partial charge on any atom is -0.348 e. The Kier molecular flexibility index (Phi) is 5.98. The first-order chi connectivity index (χ1) is 10.0. The molecule has 2 amide bonds. The van der Waals surface area contributed by atoms with Crippen molar-refractivity contribution in [1.29, 1.82) is 0 Å². The van der Waals surface area contributed by atoms with Gasteiger partial charge in [-0.15, -0.1) is 11.3 Å². The van der Waals surface area contributed by atoms with Gasteiger partial charge in [0.05, 0.1) is 0 Å². The highest BCUT2D eigenvalue weighted by atomic mass is 32.2. The number of hydrogen-bond donors (Lipinski definition) is 2. The van der Waals surface area contributed by atoms with Crippen LogP contribution in [0.25, 0.3) is 0 Å². The highest BCUT2D eigenvalue weighted by Gasteiger charge is 2.22. The fourth-order valence-electron chi connectivity index (χ4n) is 2.43. The monoisotopic (exact) mass is 330 g/mol. The predicted octanol–water partition coefficient (Wildman–Crippen LogP) is 1.18. The zero-order chi connectivity index (χ0) is 15.2. The highest BCUT2D eigenvalue weighted by molar-refractivity contribution is 7.84. The summed E-state index contributed by atoms with van der Waals surface area (Å²) in [5, 5.41) is 8.86. The van der Waals surface area contributed by atoms with Crippen LogP contribution in [-0.2, 0) is 10.8 Å². The first kappa shape index (κ1) is 16.2. The van der Waals surface area contributed by atoms with E-state index in [1.165, 1.54) is 0 Å². The zero-order valence-corrected chi connectivity index (χ0v) is 14.0. The minimum absolute atomic E-state index is 0.0776. The number of aromatic nitrogens is 1. The van der Waals surface area contributed by atoms with Crippen LogP contribution in [0.5, 0.6) is 0 Å². The maximum atomic E-state index is 11.9. The molecule has 2 atom stereocenters. The Hall–Kier alpha value is -1.15. The molecule has 6 nitrogen and oxygen atoms in total. The molecule has 1 fully saturated rings. The average molecular weight is 330 g/mol. The van der Waals surface area contributed by atoms with E-state index in [0.29, 0.717) is 5.75 Å². The lowest BCUT2D eigenvalue weighted by Crippen LogP contribution is -2.50. The van der Waals surface area contributed by atoms with Gasteiger partial charge >= 0.3 is 6.03 Å². The highest BCUT2D eigenvalue weighted by Crippen LogP contribution is 2.21. The summed E-state index contributed by atoms with van der Waals surface area (Å²) in [6.07, 6.45) is 5.30. The summed E-state index contributed by atoms with van der Waals surface area (Å²) in [7, 11) is -0.896. The largest absolute Gasteiger partial charge is 0.348 e. The zero-order valence-electron chi connectivity index (χ0n) is 12.4. The number of nitrogens with zero attached hydrogens (tertiary/aromatic N) is 2. The summed E-state index contributed by atoms with van der Waals surface area (Å²) in [5.74, 6) is 0.482. The van der Waals surface area contributed by atoms with Crippen molar-refractivity contribution >= 4 is 33.3 Å². The van der Waals surface area contributed by atoms with Gasteiger partial charge in [-0.1, -0.05) is 0 Å². The van der Waals surface area contributed by atoms with Crippen molar-refractivity contribution in [2.24, 2.45) is 0 Å². The third kappa shape index (κ3) is 5.28. The number of piperidine rings is 1. The number of nitrogens with one attached hydrogen (secondary N) is 2. The number of hydrogen-bond acceptors (Lipinski definition) is 5. The van der Waals surface area contributed by atoms with E-state index in [9.17, 15) is 9.00 Å². The molecule has 0 spiro atoms. The lowest BCUT2D eigenvalue weighted by molar-refractivity contribution is 0.232. The Morgan fingerprint density at radius 1 is 1.57 bits per heavy atom. The Morgan fingerprint density at radius 3 is 2.86 bits per heavy atom. The second kappa shape index (κ2) is 7.74. The average Bonchev–Trinajstić information content (AvgIpc) is 2.92. The molecule has 0 radical (unpaired) electrons. The molecule has 1 aliphatic heterocycles. The Balaban J connectivity index is 1.70. The van der Waals surface area contributed by atoms with Crippen molar-refractivity contribution in [2.45, 2.75) is 31.8 Å². The Morgan fingerprint density at radius 2 is 2.29 bits per heavy atom. The van der Waals surface area contributed by atoms with Crippen LogP contribution in [0.3, 0.4) is 0 Å². The third-order valence-electron chi connectivity index (χ3n) is 3.38. The second-order valence-corrected chi connectivity index (χ2v) is 7.69. The molecule has 1 saturated heterocycles. The molecule has 2 heterocycles. The van der Waals surface area contributed by atoms with Gasteiger partial charge in [0.2, 0.25) is 0 Å². The molecule has 8 heteroatoms. The second-order valence-electron chi connectivity index (χ2n) is 5.33. The number of thiazole rings is 1. The van der Waals surface area contributed by atoms with Gasteiger partial charge in [-0.2, -0.15) is 0 Å². The van der Waals surface area contributed by atoms with Crippen molar-refractivity contribution in [3.63, 3.8) is 0 Å². The van der Waals surface area contributed by atoms with Gasteiger partial charge in [0, 0.05) is 59.6 Å². The normalized spacial score (nSPS) is 19.0. The van der Waals surface area contributed by atoms with Crippen molar-refractivity contribution in [1.82, 2.24) is 15.6 Å². The topological polar surface area (TPSA) is 74.3 Å². The maximum Gasteiger partial charge on any atom is 0.315 e. The van der Waals surface area contributed by atoms with Crippen LogP contribution in [0.2, 0.25) is 0 Å². The number of amides is 2. The summed E-state index contributed by atoms with van der Waals surface area (Å²) in [6, 6.07) is -0.0487. The Labute approximate surface area is 131 Å². The lowest BCUT2D eigenvalue weighted by atomic mass is 10.1. The summed E-state index contributed by atoms with van der Waals surface area (Å²) < 4.78 is 11.1. The van der Waals surface area contributed by atoms with E-state index in [1.54, 1.807) is 17.6 Å². The molecule has 0 aromatic carbocycles. The summed E-state index contributed by atoms with van der Waals surface area (Å²) >= 11 is 1.64. The number of anilines is 1. The van der Waals surface area contributed by atoms with Gasteiger partial charge in [0.1, 0.15) is 0 Å². The third-order valence-corrected chi connectivity index (χ3v) is 5.18. The fraction of sp³-hybridized carbons (Fsp3) is 0.692. The molecule has 1 aromatic heterocycles. The first-order valence-electron chi connectivity index (χ1n) is 7.06. The molecule has 1 aromatic rings. The molecule has 1 aliphatic rings. The molecular formula is C13H22N4O2S2. The van der Waals surface area contributed by atoms with Gasteiger partial charge in [0.15, 0.2) is 5.13 Å². The first-order valence-corrected chi connectivity index (χ1v) is 9.67. The van der Waals surface area contributed by atoms with E-state index in [0.717, 1.165) is 31.1 Å². The smallest absolute Gasteiger partial charge is 0.315 e. The molecule has 2 rings (SSSR count). The maximum absolute atomic E-state index is 11.9. The van der Waals surface area contributed by atoms with Crippen LogP contribution in [0.4, 0.5) is 9.93 Å². The SMILES string of the molecule is C[C@H](C[S@](C)=O)NC(=O)NC1CCN(c2nccs2)CC1. The fourth-order valence-corrected chi connectivity index (χ4v) is 3.92. The summed E-state index contributed by atoms with van der Waals surface area (Å²) in [4.78, 5) is 18.4. The van der Waals surface area contributed by atoms with Crippen LogP contribution in [0.15, 0.2) is 11.6 Å². The standard InChI is InChI=1S/C13H22N4O2S2/c1-10(9-21(2)19)15-12(18)16-11-3-6-17(7-4-11)13-14-5-8-20-13/h5,8,10-11H,3-4,6-7,9H2,1-2H3,(H2,15,16,18)/t10-,21+/m1/s1. The molecule has 21 heavy (non-hydrogen) atoms. The molecule has 0 unspecified atom stereocenters. The van der Waals surface area contributed by atoms with Gasteiger partial charge in [0.25, 0.3) is 0 Å². The number of rotatable bonds is 5. The van der Waals surface area contributed by atoms with E-state index in [-0.39, 0.29) is 18.1 Å². The number of carbonyl (C=O) groups excluding carboxylic acids is 1. The van der Waals surface area contributed by atoms with Crippen molar-refractivity contribution in [3.05, 3.63) is 11.6 Å². The van der Waals surface area contributed by atoms with Crippen molar-refractivity contribution in [3.8, 4) is 0 Å². The van der Waals surface area contributed by atoms with Crippen molar-refractivity contribution in [2.75, 3.05) is 30.0 Å². The van der Waals surface area contributed by atoms with Gasteiger partial charge in [-0.3, -0.25) is 4.21 Å². The van der Waals surface area contributed by atoms with Gasteiger partial charge in [-0.25, -0.2) is 9.78 Å².